The Morgan fingerprint density at radius 2 is 1.85 bits per heavy atom. The number of carbonyl (C=O) groups excluding carboxylic acids is 1. The maximum absolute atomic E-state index is 13.6. The Morgan fingerprint density at radius 1 is 1.12 bits per heavy atom. The van der Waals surface area contributed by atoms with Gasteiger partial charge in [-0.05, 0) is 30.3 Å². The fourth-order valence-corrected chi connectivity index (χ4v) is 3.88. The molecule has 33 heavy (non-hydrogen) atoms. The van der Waals surface area contributed by atoms with Gasteiger partial charge in [-0.1, -0.05) is 11.8 Å². The number of rotatable bonds is 5. The lowest BCUT2D eigenvalue weighted by atomic mass is 10.1. The van der Waals surface area contributed by atoms with Crippen LogP contribution in [-0.2, 0) is 11.0 Å². The number of benzene rings is 1. The minimum atomic E-state index is -4.77. The van der Waals surface area contributed by atoms with Gasteiger partial charge in [-0.15, -0.1) is 0 Å². The molecule has 1 N–H and O–H groups in total. The lowest BCUT2D eigenvalue weighted by Crippen LogP contribution is -2.17. The maximum Gasteiger partial charge on any atom is 0.417 e. The number of nitriles is 1. The highest BCUT2D eigenvalue weighted by Crippen LogP contribution is 2.38. The molecule has 0 spiro atoms. The zero-order chi connectivity index (χ0) is 23.4. The summed E-state index contributed by atoms with van der Waals surface area (Å²) in [7, 11) is 0. The first-order valence-electron chi connectivity index (χ1n) is 9.60. The summed E-state index contributed by atoms with van der Waals surface area (Å²) in [5.74, 6) is 0.307. The number of ether oxygens (including phenoxy) is 2. The molecule has 7 nitrogen and oxygen atoms in total. The third kappa shape index (κ3) is 5.18. The molecule has 0 bridgehead atoms. The summed E-state index contributed by atoms with van der Waals surface area (Å²) in [5.41, 5.74) is -0.861. The Hall–Kier alpha value is -3.78. The van der Waals surface area contributed by atoms with Crippen LogP contribution in [0.15, 0.2) is 53.8 Å². The van der Waals surface area contributed by atoms with E-state index in [4.69, 9.17) is 9.47 Å². The smallest absolute Gasteiger partial charge is 0.417 e. The summed E-state index contributed by atoms with van der Waals surface area (Å²) < 4.78 is 51.8. The zero-order valence-electron chi connectivity index (χ0n) is 16.8. The fourth-order valence-electron chi connectivity index (χ4n) is 3.08. The number of nitrogens with one attached hydrogen (secondary N) is 1. The second kappa shape index (κ2) is 9.38. The number of hydrogen-bond acceptors (Lipinski definition) is 7. The first-order chi connectivity index (χ1) is 15.8. The molecule has 1 amide bonds. The highest BCUT2D eigenvalue weighted by Gasteiger charge is 2.36. The third-order valence-electron chi connectivity index (χ3n) is 4.55. The van der Waals surface area contributed by atoms with Crippen LogP contribution in [0.1, 0.15) is 11.1 Å². The summed E-state index contributed by atoms with van der Waals surface area (Å²) >= 11 is 0.750. The van der Waals surface area contributed by atoms with Crippen molar-refractivity contribution in [3.63, 3.8) is 0 Å². The van der Waals surface area contributed by atoms with Gasteiger partial charge in [0.2, 0.25) is 5.91 Å². The molecule has 0 saturated carbocycles. The average Bonchev–Trinajstić information content (AvgIpc) is 2.82. The van der Waals surface area contributed by atoms with E-state index in [-0.39, 0.29) is 16.5 Å². The summed E-state index contributed by atoms with van der Waals surface area (Å²) in [5, 5.41) is 11.9. The average molecular weight is 472 g/mol. The summed E-state index contributed by atoms with van der Waals surface area (Å²) in [4.78, 5) is 20.5. The van der Waals surface area contributed by atoms with Gasteiger partial charge in [0.25, 0.3) is 0 Å². The maximum atomic E-state index is 13.6. The minimum absolute atomic E-state index is 0.0264. The van der Waals surface area contributed by atoms with E-state index in [1.807, 2.05) is 0 Å². The lowest BCUT2D eigenvalue weighted by Gasteiger charge is -2.19. The van der Waals surface area contributed by atoms with Crippen LogP contribution in [0.25, 0.3) is 11.3 Å². The lowest BCUT2D eigenvalue weighted by molar-refractivity contribution is -0.138. The van der Waals surface area contributed by atoms with Gasteiger partial charge < -0.3 is 14.8 Å². The van der Waals surface area contributed by atoms with Crippen LogP contribution in [0.3, 0.4) is 0 Å². The van der Waals surface area contributed by atoms with Crippen LogP contribution >= 0.6 is 11.8 Å². The van der Waals surface area contributed by atoms with Gasteiger partial charge in [-0.2, -0.15) is 18.4 Å². The standard InChI is InChI=1S/C22H15F3N4O3S/c23-22(24,25)16-10-17(13-3-5-27-6-4-13)29-21(15(16)11-26)33-12-20(30)28-14-1-2-18-19(9-14)32-8-7-31-18/h1-6,9-10H,7-8,12H2,(H,28,30). The number of aromatic nitrogens is 2. The molecule has 1 aliphatic heterocycles. The van der Waals surface area contributed by atoms with Crippen LogP contribution < -0.4 is 14.8 Å². The van der Waals surface area contributed by atoms with Crippen molar-refractivity contribution in [2.24, 2.45) is 0 Å². The number of anilines is 1. The quantitative estimate of drug-likeness (QED) is 0.545. The summed E-state index contributed by atoms with van der Waals surface area (Å²) in [6.45, 7) is 0.820. The molecule has 1 aromatic carbocycles. The first-order valence-corrected chi connectivity index (χ1v) is 10.6. The zero-order valence-corrected chi connectivity index (χ0v) is 17.7. The van der Waals surface area contributed by atoms with Crippen LogP contribution in [0.5, 0.6) is 11.5 Å². The van der Waals surface area contributed by atoms with E-state index in [0.717, 1.165) is 17.8 Å². The van der Waals surface area contributed by atoms with Gasteiger partial charge in [0.1, 0.15) is 24.3 Å². The predicted octanol–water partition coefficient (Wildman–Crippen LogP) is 4.54. The number of pyridine rings is 2. The molecular formula is C22H15F3N4O3S. The van der Waals surface area contributed by atoms with Crippen molar-refractivity contribution in [3.05, 3.63) is 59.9 Å². The van der Waals surface area contributed by atoms with Crippen LogP contribution in [0, 0.1) is 11.3 Å². The van der Waals surface area contributed by atoms with Crippen molar-refractivity contribution >= 4 is 23.4 Å². The summed E-state index contributed by atoms with van der Waals surface area (Å²) in [6, 6.07) is 10.3. The molecule has 3 aromatic rings. The van der Waals surface area contributed by atoms with Crippen molar-refractivity contribution in [2.75, 3.05) is 24.3 Å². The molecule has 0 atom stereocenters. The van der Waals surface area contributed by atoms with Crippen LogP contribution in [-0.4, -0.2) is 34.8 Å². The largest absolute Gasteiger partial charge is 0.486 e. The van der Waals surface area contributed by atoms with E-state index < -0.39 is 23.2 Å². The third-order valence-corrected chi connectivity index (χ3v) is 5.52. The van der Waals surface area contributed by atoms with Crippen molar-refractivity contribution in [1.82, 2.24) is 9.97 Å². The molecule has 1 aliphatic rings. The van der Waals surface area contributed by atoms with E-state index in [1.54, 1.807) is 24.3 Å². The number of thioether (sulfide) groups is 1. The number of amides is 1. The number of carbonyl (C=O) groups is 1. The Morgan fingerprint density at radius 3 is 2.55 bits per heavy atom. The van der Waals surface area contributed by atoms with Gasteiger partial charge in [0, 0.05) is 29.7 Å². The molecule has 0 radical (unpaired) electrons. The van der Waals surface area contributed by atoms with E-state index in [9.17, 15) is 23.2 Å². The number of nitrogens with zero attached hydrogens (tertiary/aromatic N) is 3. The van der Waals surface area contributed by atoms with Crippen molar-refractivity contribution < 1.29 is 27.4 Å². The van der Waals surface area contributed by atoms with E-state index in [0.29, 0.717) is 36.0 Å². The Balaban J connectivity index is 1.56. The molecule has 168 valence electrons. The van der Waals surface area contributed by atoms with Crippen molar-refractivity contribution in [3.8, 4) is 28.8 Å². The predicted molar refractivity (Wildman–Crippen MR) is 114 cm³/mol. The molecule has 0 fully saturated rings. The number of hydrogen-bond donors (Lipinski definition) is 1. The van der Waals surface area contributed by atoms with Gasteiger partial charge in [-0.25, -0.2) is 4.98 Å². The molecule has 4 rings (SSSR count). The second-order valence-corrected chi connectivity index (χ2v) is 7.74. The van der Waals surface area contributed by atoms with Gasteiger partial charge >= 0.3 is 6.18 Å². The molecule has 2 aromatic heterocycles. The van der Waals surface area contributed by atoms with Gasteiger partial charge in [0.15, 0.2) is 11.5 Å². The molecule has 11 heteroatoms. The van der Waals surface area contributed by atoms with Gasteiger partial charge in [-0.3, -0.25) is 9.78 Å². The topological polar surface area (TPSA) is 97.1 Å². The SMILES string of the molecule is N#Cc1c(C(F)(F)F)cc(-c2ccncc2)nc1SCC(=O)Nc1ccc2c(c1)OCCO2. The Bertz CT molecular complexity index is 1230. The van der Waals surface area contributed by atoms with E-state index >= 15 is 0 Å². The summed E-state index contributed by atoms with van der Waals surface area (Å²) in [6.07, 6.45) is -1.91. The van der Waals surface area contributed by atoms with E-state index in [2.05, 4.69) is 15.3 Å². The van der Waals surface area contributed by atoms with Crippen LogP contribution in [0.4, 0.5) is 18.9 Å². The Labute approximate surface area is 190 Å². The fraction of sp³-hybridized carbons (Fsp3) is 0.182. The number of fused-ring (bicyclic) bond motifs is 1. The monoisotopic (exact) mass is 472 g/mol. The van der Waals surface area contributed by atoms with Crippen molar-refractivity contribution in [1.29, 1.82) is 5.26 Å². The normalized spacial score (nSPS) is 12.7. The molecule has 0 saturated heterocycles. The molecular weight excluding hydrogens is 457 g/mol. The minimum Gasteiger partial charge on any atom is -0.486 e. The number of halogens is 3. The van der Waals surface area contributed by atoms with E-state index in [1.165, 1.54) is 24.5 Å². The van der Waals surface area contributed by atoms with Crippen molar-refractivity contribution in [2.45, 2.75) is 11.2 Å². The second-order valence-electron chi connectivity index (χ2n) is 6.78. The number of alkyl halides is 3. The molecule has 0 unspecified atom stereocenters. The Kier molecular flexibility index (Phi) is 6.37. The first kappa shape index (κ1) is 22.4. The molecule has 0 aliphatic carbocycles. The van der Waals surface area contributed by atoms with Gasteiger partial charge in [0.05, 0.1) is 22.6 Å². The highest BCUT2D eigenvalue weighted by atomic mass is 32.2. The van der Waals surface area contributed by atoms with Crippen LogP contribution in [0.2, 0.25) is 0 Å². The highest BCUT2D eigenvalue weighted by molar-refractivity contribution is 8.00. The molecule has 3 heterocycles.